The molecule has 0 aliphatic heterocycles. The first-order chi connectivity index (χ1) is 12.7. The Bertz CT molecular complexity index is 1010. The highest BCUT2D eigenvalue weighted by Gasteiger charge is 2.18. The van der Waals surface area contributed by atoms with Crippen LogP contribution in [0.1, 0.15) is 31.1 Å². The molecule has 3 aromatic rings. The maximum Gasteiger partial charge on any atom is 0.413 e. The van der Waals surface area contributed by atoms with Gasteiger partial charge in [-0.3, -0.25) is 10.1 Å². The lowest BCUT2D eigenvalue weighted by molar-refractivity contribution is 0.0635. The Labute approximate surface area is 164 Å². The molecule has 2 amide bonds. The van der Waals surface area contributed by atoms with Gasteiger partial charge in [-0.2, -0.15) is 0 Å². The molecule has 0 spiro atoms. The summed E-state index contributed by atoms with van der Waals surface area (Å²) in [5.74, 6) is -0.283. The fraction of sp³-hybridized carbons (Fsp3) is 0.222. The van der Waals surface area contributed by atoms with Gasteiger partial charge in [0.2, 0.25) is 0 Å². The second kappa shape index (κ2) is 7.50. The van der Waals surface area contributed by atoms with Crippen molar-refractivity contribution in [3.05, 3.63) is 47.2 Å². The molecule has 0 radical (unpaired) electrons. The van der Waals surface area contributed by atoms with Gasteiger partial charge in [-0.1, -0.05) is 22.9 Å². The zero-order valence-electron chi connectivity index (χ0n) is 14.9. The number of halogens is 1. The van der Waals surface area contributed by atoms with E-state index in [2.05, 4.69) is 20.6 Å². The third kappa shape index (κ3) is 5.15. The third-order valence-electron chi connectivity index (χ3n) is 3.24. The number of nitrogens with zero attached hydrogens (tertiary/aromatic N) is 2. The van der Waals surface area contributed by atoms with Crippen LogP contribution >= 0.6 is 22.9 Å². The lowest BCUT2D eigenvalue weighted by Crippen LogP contribution is -2.27. The lowest BCUT2D eigenvalue weighted by atomic mass is 10.2. The van der Waals surface area contributed by atoms with Gasteiger partial charge in [-0.15, -0.1) is 0 Å². The molecule has 2 N–H and O–H groups in total. The molecule has 0 aliphatic carbocycles. The van der Waals surface area contributed by atoms with Crippen LogP contribution in [0.4, 0.5) is 15.6 Å². The van der Waals surface area contributed by atoms with Gasteiger partial charge in [0, 0.05) is 17.4 Å². The second-order valence-corrected chi connectivity index (χ2v) is 8.07. The number of thiazole rings is 1. The van der Waals surface area contributed by atoms with Gasteiger partial charge in [-0.05, 0) is 51.1 Å². The number of ether oxygens (including phenoxy) is 1. The molecule has 0 unspecified atom stereocenters. The number of benzene rings is 1. The van der Waals surface area contributed by atoms with Gasteiger partial charge in [0.1, 0.15) is 10.8 Å². The summed E-state index contributed by atoms with van der Waals surface area (Å²) in [6.07, 6.45) is 0.938. The predicted molar refractivity (Wildman–Crippen MR) is 107 cm³/mol. The van der Waals surface area contributed by atoms with Crippen LogP contribution < -0.4 is 10.6 Å². The van der Waals surface area contributed by atoms with Crippen molar-refractivity contribution >= 4 is 56.0 Å². The summed E-state index contributed by atoms with van der Waals surface area (Å²) in [7, 11) is 0. The fourth-order valence-corrected chi connectivity index (χ4v) is 3.26. The van der Waals surface area contributed by atoms with E-state index < -0.39 is 11.7 Å². The minimum Gasteiger partial charge on any atom is -0.444 e. The SMILES string of the molecule is CC(C)(C)OC(=O)Nc1nc2ccc(C(=O)Nc3ccnc(Cl)c3)cc2s1. The topological polar surface area (TPSA) is 93.2 Å². The van der Waals surface area contributed by atoms with E-state index in [1.165, 1.54) is 17.5 Å². The van der Waals surface area contributed by atoms with E-state index in [-0.39, 0.29) is 5.91 Å². The van der Waals surface area contributed by atoms with Crippen LogP contribution in [0.25, 0.3) is 10.2 Å². The summed E-state index contributed by atoms with van der Waals surface area (Å²) in [4.78, 5) is 32.5. The number of hydrogen-bond acceptors (Lipinski definition) is 6. The van der Waals surface area contributed by atoms with Gasteiger partial charge in [-0.25, -0.2) is 14.8 Å². The lowest BCUT2D eigenvalue weighted by Gasteiger charge is -2.18. The Morgan fingerprint density at radius 3 is 2.63 bits per heavy atom. The predicted octanol–water partition coefficient (Wildman–Crippen LogP) is 4.94. The third-order valence-corrected chi connectivity index (χ3v) is 4.38. The molecule has 0 saturated carbocycles. The van der Waals surface area contributed by atoms with Crippen LogP contribution in [-0.4, -0.2) is 27.6 Å². The van der Waals surface area contributed by atoms with Gasteiger partial charge in [0.25, 0.3) is 5.91 Å². The molecule has 0 fully saturated rings. The maximum absolute atomic E-state index is 12.4. The van der Waals surface area contributed by atoms with E-state index in [0.717, 1.165) is 4.70 Å². The van der Waals surface area contributed by atoms with Crippen LogP contribution in [0.5, 0.6) is 0 Å². The Kier molecular flexibility index (Phi) is 5.29. The van der Waals surface area contributed by atoms with Gasteiger partial charge < -0.3 is 10.1 Å². The van der Waals surface area contributed by atoms with Crippen molar-refractivity contribution in [2.45, 2.75) is 26.4 Å². The van der Waals surface area contributed by atoms with E-state index in [1.54, 1.807) is 51.1 Å². The quantitative estimate of drug-likeness (QED) is 0.603. The number of carbonyl (C=O) groups is 2. The number of aromatic nitrogens is 2. The van der Waals surface area contributed by atoms with Crippen LogP contribution in [0.2, 0.25) is 5.15 Å². The van der Waals surface area contributed by atoms with Crippen LogP contribution in [0, 0.1) is 0 Å². The molecule has 2 aromatic heterocycles. The molecule has 9 heteroatoms. The molecule has 1 aromatic carbocycles. The highest BCUT2D eigenvalue weighted by molar-refractivity contribution is 7.22. The van der Waals surface area contributed by atoms with E-state index in [0.29, 0.717) is 27.1 Å². The van der Waals surface area contributed by atoms with Gasteiger partial charge in [0.15, 0.2) is 5.13 Å². The summed E-state index contributed by atoms with van der Waals surface area (Å²) < 4.78 is 5.98. The van der Waals surface area contributed by atoms with Crippen molar-refractivity contribution < 1.29 is 14.3 Å². The number of carbonyl (C=O) groups excluding carboxylic acids is 2. The molecular weight excluding hydrogens is 388 g/mol. The second-order valence-electron chi connectivity index (χ2n) is 6.65. The molecule has 3 rings (SSSR count). The van der Waals surface area contributed by atoms with Gasteiger partial charge >= 0.3 is 6.09 Å². The molecule has 0 atom stereocenters. The number of pyridine rings is 1. The van der Waals surface area contributed by atoms with Crippen molar-refractivity contribution in [3.8, 4) is 0 Å². The molecule has 0 aliphatic rings. The fourth-order valence-electron chi connectivity index (χ4n) is 2.19. The van der Waals surface area contributed by atoms with Crippen molar-refractivity contribution in [1.29, 1.82) is 0 Å². The van der Waals surface area contributed by atoms with Crippen LogP contribution in [-0.2, 0) is 4.74 Å². The molecule has 0 saturated heterocycles. The van der Waals surface area contributed by atoms with E-state index in [1.807, 2.05) is 0 Å². The molecule has 2 heterocycles. The average Bonchev–Trinajstić information content (AvgIpc) is 2.93. The minimum absolute atomic E-state index is 0.283. The Morgan fingerprint density at radius 2 is 1.93 bits per heavy atom. The van der Waals surface area contributed by atoms with Crippen molar-refractivity contribution in [2.75, 3.05) is 10.6 Å². The van der Waals surface area contributed by atoms with Crippen molar-refractivity contribution in [2.24, 2.45) is 0 Å². The zero-order valence-corrected chi connectivity index (χ0v) is 16.4. The van der Waals surface area contributed by atoms with Crippen LogP contribution in [0.3, 0.4) is 0 Å². The van der Waals surface area contributed by atoms with E-state index >= 15 is 0 Å². The highest BCUT2D eigenvalue weighted by Crippen LogP contribution is 2.27. The smallest absolute Gasteiger partial charge is 0.413 e. The zero-order chi connectivity index (χ0) is 19.6. The Morgan fingerprint density at radius 1 is 1.15 bits per heavy atom. The van der Waals surface area contributed by atoms with E-state index in [9.17, 15) is 9.59 Å². The first-order valence-electron chi connectivity index (χ1n) is 8.03. The number of amides is 2. The van der Waals surface area contributed by atoms with E-state index in [4.69, 9.17) is 16.3 Å². The number of nitrogens with one attached hydrogen (secondary N) is 2. The molecular formula is C18H17ClN4O3S. The van der Waals surface area contributed by atoms with Crippen molar-refractivity contribution in [3.63, 3.8) is 0 Å². The molecule has 140 valence electrons. The number of hydrogen-bond donors (Lipinski definition) is 2. The first-order valence-corrected chi connectivity index (χ1v) is 9.22. The molecule has 27 heavy (non-hydrogen) atoms. The first kappa shape index (κ1) is 19.1. The Hall–Kier alpha value is -2.71. The summed E-state index contributed by atoms with van der Waals surface area (Å²) in [5, 5.41) is 6.06. The average molecular weight is 405 g/mol. The van der Waals surface area contributed by atoms with Gasteiger partial charge in [0.05, 0.1) is 10.2 Å². The summed E-state index contributed by atoms with van der Waals surface area (Å²) in [6.45, 7) is 5.35. The normalized spacial score (nSPS) is 11.3. The maximum atomic E-state index is 12.4. The molecule has 7 nitrogen and oxygen atoms in total. The number of rotatable bonds is 3. The minimum atomic E-state index is -0.595. The van der Waals surface area contributed by atoms with Crippen molar-refractivity contribution in [1.82, 2.24) is 9.97 Å². The summed E-state index contributed by atoms with van der Waals surface area (Å²) in [6, 6.07) is 8.31. The standard InChI is InChI=1S/C18H17ClN4O3S/c1-18(2,3)26-17(25)23-16-22-12-5-4-10(8-13(12)27-16)15(24)21-11-6-7-20-14(19)9-11/h4-9H,1-3H3,(H,20,21,24)(H,22,23,25). The monoisotopic (exact) mass is 404 g/mol. The number of anilines is 2. The molecule has 0 bridgehead atoms. The Balaban J connectivity index is 1.75. The number of fused-ring (bicyclic) bond motifs is 1. The largest absolute Gasteiger partial charge is 0.444 e. The summed E-state index contributed by atoms with van der Waals surface area (Å²) in [5.41, 5.74) is 1.09. The highest BCUT2D eigenvalue weighted by atomic mass is 35.5. The van der Waals surface area contributed by atoms with Crippen LogP contribution in [0.15, 0.2) is 36.5 Å². The summed E-state index contributed by atoms with van der Waals surface area (Å²) >= 11 is 7.08.